The lowest BCUT2D eigenvalue weighted by atomic mass is 9.75. The van der Waals surface area contributed by atoms with Crippen molar-refractivity contribution in [2.75, 3.05) is 19.6 Å². The van der Waals surface area contributed by atoms with Crippen LogP contribution in [0.3, 0.4) is 0 Å². The number of benzene rings is 1. The summed E-state index contributed by atoms with van der Waals surface area (Å²) in [6.07, 6.45) is 4.95. The smallest absolute Gasteiger partial charge is 0.323 e. The van der Waals surface area contributed by atoms with Crippen LogP contribution in [0.2, 0.25) is 0 Å². The SMILES string of the molecule is CCC1(C2CCN(Cc3ccnc4ccccc34)CC2)NC(=O)N(CCc2scnc2C)C1=O. The molecule has 0 spiro atoms. The van der Waals surface area contributed by atoms with Crippen LogP contribution in [-0.2, 0) is 17.8 Å². The minimum Gasteiger partial charge on any atom is -0.323 e. The van der Waals surface area contributed by atoms with Gasteiger partial charge in [0.2, 0.25) is 0 Å². The fourth-order valence-electron chi connectivity index (χ4n) is 5.55. The van der Waals surface area contributed by atoms with Crippen LogP contribution < -0.4 is 5.32 Å². The Morgan fingerprint density at radius 3 is 2.68 bits per heavy atom. The van der Waals surface area contributed by atoms with Gasteiger partial charge in [0.1, 0.15) is 5.54 Å². The first kappa shape index (κ1) is 22.9. The molecule has 0 saturated carbocycles. The number of urea groups is 1. The number of aromatic nitrogens is 2. The van der Waals surface area contributed by atoms with E-state index in [9.17, 15) is 9.59 Å². The van der Waals surface area contributed by atoms with Gasteiger partial charge in [-0.3, -0.25) is 19.6 Å². The normalized spacial score (nSPS) is 22.0. The number of fused-ring (bicyclic) bond motifs is 1. The fourth-order valence-corrected chi connectivity index (χ4v) is 6.32. The van der Waals surface area contributed by atoms with E-state index < -0.39 is 5.54 Å². The number of carbonyl (C=O) groups excluding carboxylic acids is 2. The second kappa shape index (κ2) is 9.43. The molecule has 2 aromatic heterocycles. The number of thiazole rings is 1. The van der Waals surface area contributed by atoms with Crippen LogP contribution in [0.25, 0.3) is 10.9 Å². The van der Waals surface area contributed by atoms with Gasteiger partial charge >= 0.3 is 6.03 Å². The zero-order valence-corrected chi connectivity index (χ0v) is 20.6. The molecule has 1 unspecified atom stereocenters. The topological polar surface area (TPSA) is 78.4 Å². The Kier molecular flexibility index (Phi) is 6.36. The Balaban J connectivity index is 1.24. The minimum absolute atomic E-state index is 0.0549. The number of nitrogens with zero attached hydrogens (tertiary/aromatic N) is 4. The van der Waals surface area contributed by atoms with Gasteiger partial charge in [-0.05, 0) is 62.9 Å². The Morgan fingerprint density at radius 2 is 1.94 bits per heavy atom. The van der Waals surface area contributed by atoms with Crippen molar-refractivity contribution in [3.05, 3.63) is 58.2 Å². The summed E-state index contributed by atoms with van der Waals surface area (Å²) < 4.78 is 0. The molecule has 0 radical (unpaired) electrons. The van der Waals surface area contributed by atoms with Crippen molar-refractivity contribution < 1.29 is 9.59 Å². The van der Waals surface area contributed by atoms with Crippen molar-refractivity contribution in [2.45, 2.75) is 51.6 Å². The highest BCUT2D eigenvalue weighted by molar-refractivity contribution is 7.09. The summed E-state index contributed by atoms with van der Waals surface area (Å²) in [6.45, 7) is 7.08. The number of likely N-dealkylation sites (tertiary alicyclic amines) is 1. The number of imide groups is 1. The first-order valence-corrected chi connectivity index (χ1v) is 13.0. The molecule has 8 heteroatoms. The third-order valence-electron chi connectivity index (χ3n) is 7.58. The maximum absolute atomic E-state index is 13.5. The van der Waals surface area contributed by atoms with E-state index in [1.165, 1.54) is 15.8 Å². The number of hydrogen-bond donors (Lipinski definition) is 1. The summed E-state index contributed by atoms with van der Waals surface area (Å²) in [7, 11) is 0. The molecule has 3 aromatic rings. The van der Waals surface area contributed by atoms with Gasteiger partial charge in [-0.25, -0.2) is 9.78 Å². The van der Waals surface area contributed by atoms with Crippen molar-refractivity contribution >= 4 is 34.2 Å². The predicted molar refractivity (Wildman–Crippen MR) is 134 cm³/mol. The Bertz CT molecular complexity index is 1200. The molecule has 2 fully saturated rings. The highest BCUT2D eigenvalue weighted by Crippen LogP contribution is 2.36. The summed E-state index contributed by atoms with van der Waals surface area (Å²) in [5.74, 6) is 0.0928. The maximum Gasteiger partial charge on any atom is 0.325 e. The van der Waals surface area contributed by atoms with Crippen LogP contribution in [0.5, 0.6) is 0 Å². The molecule has 1 atom stereocenters. The molecular weight excluding hydrogens is 446 g/mol. The van der Waals surface area contributed by atoms with Crippen LogP contribution in [-0.4, -0.2) is 56.9 Å². The highest BCUT2D eigenvalue weighted by atomic mass is 32.1. The van der Waals surface area contributed by atoms with Gasteiger partial charge in [0.25, 0.3) is 5.91 Å². The molecule has 34 heavy (non-hydrogen) atoms. The lowest BCUT2D eigenvalue weighted by Gasteiger charge is -2.40. The van der Waals surface area contributed by atoms with Crippen molar-refractivity contribution in [3.8, 4) is 0 Å². The van der Waals surface area contributed by atoms with Gasteiger partial charge in [-0.1, -0.05) is 25.1 Å². The van der Waals surface area contributed by atoms with Crippen LogP contribution >= 0.6 is 11.3 Å². The summed E-state index contributed by atoms with van der Waals surface area (Å²) in [5.41, 5.74) is 4.31. The van der Waals surface area contributed by atoms with Gasteiger partial charge < -0.3 is 5.32 Å². The zero-order valence-electron chi connectivity index (χ0n) is 19.8. The van der Waals surface area contributed by atoms with E-state index >= 15 is 0 Å². The van der Waals surface area contributed by atoms with Crippen molar-refractivity contribution in [2.24, 2.45) is 5.92 Å². The van der Waals surface area contributed by atoms with Gasteiger partial charge in [-0.2, -0.15) is 0 Å². The summed E-state index contributed by atoms with van der Waals surface area (Å²) in [4.78, 5) is 40.1. The van der Waals surface area contributed by atoms with Crippen molar-refractivity contribution in [1.82, 2.24) is 25.1 Å². The standard InChI is InChI=1S/C26H31N5O2S/c1-3-26(24(32)31(25(33)29-26)15-11-23-18(2)28-17-34-23)20-9-13-30(14-10-20)16-19-8-12-27-22-7-5-4-6-21(19)22/h4-8,12,17,20H,3,9-11,13-16H2,1-2H3,(H,29,33). The first-order valence-electron chi connectivity index (χ1n) is 12.1. The molecule has 4 heterocycles. The largest absolute Gasteiger partial charge is 0.325 e. The number of aryl methyl sites for hydroxylation is 1. The number of amides is 3. The molecule has 178 valence electrons. The zero-order chi connectivity index (χ0) is 23.7. The number of pyridine rings is 1. The highest BCUT2D eigenvalue weighted by Gasteiger charge is 2.54. The molecule has 1 N–H and O–H groups in total. The summed E-state index contributed by atoms with van der Waals surface area (Å²) in [5, 5.41) is 4.31. The van der Waals surface area contributed by atoms with Crippen molar-refractivity contribution in [1.29, 1.82) is 0 Å². The fraction of sp³-hybridized carbons (Fsp3) is 0.462. The van der Waals surface area contributed by atoms with E-state index in [1.807, 2.05) is 37.7 Å². The number of para-hydroxylation sites is 1. The second-order valence-electron chi connectivity index (χ2n) is 9.36. The van der Waals surface area contributed by atoms with E-state index in [4.69, 9.17) is 0 Å². The third-order valence-corrected chi connectivity index (χ3v) is 8.58. The van der Waals surface area contributed by atoms with Gasteiger partial charge in [0.15, 0.2) is 0 Å². The van der Waals surface area contributed by atoms with E-state index in [0.29, 0.717) is 19.4 Å². The molecular formula is C26H31N5O2S. The van der Waals surface area contributed by atoms with Crippen LogP contribution in [0.15, 0.2) is 42.0 Å². The number of nitrogens with one attached hydrogen (secondary N) is 1. The number of rotatable bonds is 7. The van der Waals surface area contributed by atoms with Gasteiger partial charge in [0, 0.05) is 36.0 Å². The molecule has 0 bridgehead atoms. The van der Waals surface area contributed by atoms with E-state index in [1.54, 1.807) is 11.3 Å². The predicted octanol–water partition coefficient (Wildman–Crippen LogP) is 4.16. The molecule has 3 amide bonds. The molecule has 2 saturated heterocycles. The average molecular weight is 478 g/mol. The van der Waals surface area contributed by atoms with Gasteiger partial charge in [0.05, 0.1) is 16.7 Å². The molecule has 2 aliphatic heterocycles. The van der Waals surface area contributed by atoms with E-state index in [0.717, 1.165) is 48.6 Å². The molecule has 5 rings (SSSR count). The number of piperidine rings is 1. The first-order chi connectivity index (χ1) is 16.5. The monoisotopic (exact) mass is 477 g/mol. The lowest BCUT2D eigenvalue weighted by molar-refractivity contribution is -0.134. The third kappa shape index (κ3) is 4.09. The van der Waals surface area contributed by atoms with Crippen LogP contribution in [0.1, 0.15) is 42.3 Å². The van der Waals surface area contributed by atoms with E-state index in [2.05, 4.69) is 38.4 Å². The maximum atomic E-state index is 13.5. The quantitative estimate of drug-likeness (QED) is 0.517. The number of hydrogen-bond acceptors (Lipinski definition) is 6. The second-order valence-corrected chi connectivity index (χ2v) is 10.3. The van der Waals surface area contributed by atoms with Crippen LogP contribution in [0.4, 0.5) is 4.79 Å². The molecule has 2 aliphatic rings. The van der Waals surface area contributed by atoms with E-state index in [-0.39, 0.29) is 17.9 Å². The average Bonchev–Trinajstić information content (AvgIpc) is 3.38. The molecule has 0 aliphatic carbocycles. The molecule has 1 aromatic carbocycles. The Hall–Kier alpha value is -2.84. The summed E-state index contributed by atoms with van der Waals surface area (Å²) in [6, 6.07) is 10.1. The summed E-state index contributed by atoms with van der Waals surface area (Å²) >= 11 is 1.58. The van der Waals surface area contributed by atoms with Crippen LogP contribution in [0, 0.1) is 12.8 Å². The minimum atomic E-state index is -0.782. The molecule has 7 nitrogen and oxygen atoms in total. The van der Waals surface area contributed by atoms with Crippen molar-refractivity contribution in [3.63, 3.8) is 0 Å². The Morgan fingerprint density at radius 1 is 1.15 bits per heavy atom. The Labute approximate surface area is 204 Å². The number of carbonyl (C=O) groups is 2. The van der Waals surface area contributed by atoms with Gasteiger partial charge in [-0.15, -0.1) is 11.3 Å². The lowest BCUT2D eigenvalue weighted by Crippen LogP contribution is -2.55.